The Kier molecular flexibility index (Phi) is 5.25. The van der Waals surface area contributed by atoms with Crippen LogP contribution in [0.4, 0.5) is 0 Å². The summed E-state index contributed by atoms with van der Waals surface area (Å²) in [6.45, 7) is 0.0398. The van der Waals surface area contributed by atoms with Crippen molar-refractivity contribution in [1.82, 2.24) is 14.9 Å². The van der Waals surface area contributed by atoms with Gasteiger partial charge < -0.3 is 19.4 Å². The van der Waals surface area contributed by atoms with E-state index < -0.39 is 12.1 Å². The first-order valence-electron chi connectivity index (χ1n) is 12.5. The number of para-hydroxylation sites is 1. The van der Waals surface area contributed by atoms with E-state index in [9.17, 15) is 9.59 Å². The summed E-state index contributed by atoms with van der Waals surface area (Å²) in [4.78, 5) is 32.6. The fourth-order valence-electron chi connectivity index (χ4n) is 5.61. The van der Waals surface area contributed by atoms with Crippen LogP contribution in [-0.2, 0) is 16.0 Å². The van der Waals surface area contributed by atoms with Gasteiger partial charge in [-0.2, -0.15) is 5.10 Å². The molecule has 3 aliphatic heterocycles. The number of hydrazone groups is 1. The Morgan fingerprint density at radius 1 is 0.947 bits per heavy atom. The molecule has 1 saturated heterocycles. The lowest BCUT2D eigenvalue weighted by Gasteiger charge is -2.45. The predicted molar refractivity (Wildman–Crippen MR) is 143 cm³/mol. The second-order valence-electron chi connectivity index (χ2n) is 9.53. The highest BCUT2D eigenvalue weighted by molar-refractivity contribution is 5.98. The van der Waals surface area contributed by atoms with E-state index in [1.807, 2.05) is 72.8 Å². The molecule has 7 rings (SSSR count). The summed E-state index contributed by atoms with van der Waals surface area (Å²) in [6.07, 6.45) is 5.65. The molecule has 4 aromatic rings. The number of piperazine rings is 1. The summed E-state index contributed by atoms with van der Waals surface area (Å²) >= 11 is 0. The van der Waals surface area contributed by atoms with Gasteiger partial charge in [-0.1, -0.05) is 60.7 Å². The highest BCUT2D eigenvalue weighted by Gasteiger charge is 2.48. The van der Waals surface area contributed by atoms with E-state index in [4.69, 9.17) is 9.47 Å². The molecule has 3 aliphatic rings. The minimum Gasteiger partial charge on any atom is -0.454 e. The van der Waals surface area contributed by atoms with Gasteiger partial charge in [0.2, 0.25) is 12.7 Å². The van der Waals surface area contributed by atoms with Gasteiger partial charge in [0.1, 0.15) is 12.6 Å². The number of rotatable bonds is 4. The number of benzene rings is 3. The summed E-state index contributed by atoms with van der Waals surface area (Å²) in [6, 6.07) is 22.4. The van der Waals surface area contributed by atoms with Crippen molar-refractivity contribution >= 4 is 35.0 Å². The van der Waals surface area contributed by atoms with Crippen LogP contribution in [0.25, 0.3) is 17.0 Å². The standard InChI is InChI=1S/C30H24N4O4/c35-27-17-33(31-14-6-9-19-7-2-1-3-8-19)30(36)24-16-22-21-10-4-5-11-23(21)32-28(22)29(34(24)27)20-12-13-25-26(15-20)38-18-37-25/h1-15,24,29,32H,16-18H2/b9-6+,31-14+/t24-,29-/m1/s1. The van der Waals surface area contributed by atoms with Gasteiger partial charge in [-0.15, -0.1) is 0 Å². The van der Waals surface area contributed by atoms with E-state index in [1.54, 1.807) is 17.2 Å². The van der Waals surface area contributed by atoms with Gasteiger partial charge in [0.05, 0.1) is 6.04 Å². The highest BCUT2D eigenvalue weighted by atomic mass is 16.7. The molecule has 1 aromatic heterocycles. The Labute approximate surface area is 218 Å². The van der Waals surface area contributed by atoms with Gasteiger partial charge in [-0.3, -0.25) is 9.59 Å². The molecule has 2 atom stereocenters. The molecule has 0 bridgehead atoms. The van der Waals surface area contributed by atoms with E-state index in [1.165, 1.54) is 5.01 Å². The maximum absolute atomic E-state index is 13.7. The number of amides is 2. The molecule has 38 heavy (non-hydrogen) atoms. The summed E-state index contributed by atoms with van der Waals surface area (Å²) < 4.78 is 11.1. The van der Waals surface area contributed by atoms with Crippen molar-refractivity contribution < 1.29 is 19.1 Å². The second-order valence-corrected chi connectivity index (χ2v) is 9.53. The monoisotopic (exact) mass is 504 g/mol. The third-order valence-corrected chi connectivity index (χ3v) is 7.34. The normalized spacial score (nSPS) is 20.5. The molecule has 1 N–H and O–H groups in total. The number of aromatic nitrogens is 1. The van der Waals surface area contributed by atoms with Gasteiger partial charge in [-0.25, -0.2) is 5.01 Å². The van der Waals surface area contributed by atoms with Crippen molar-refractivity contribution in [3.05, 3.63) is 101 Å². The molecule has 0 radical (unpaired) electrons. The second kappa shape index (κ2) is 8.92. The topological polar surface area (TPSA) is 87.2 Å². The minimum absolute atomic E-state index is 0.123. The summed E-state index contributed by atoms with van der Waals surface area (Å²) in [7, 11) is 0. The quantitative estimate of drug-likeness (QED) is 0.421. The van der Waals surface area contributed by atoms with Gasteiger partial charge in [0, 0.05) is 29.2 Å². The van der Waals surface area contributed by atoms with E-state index in [0.29, 0.717) is 17.9 Å². The molecule has 0 aliphatic carbocycles. The first-order valence-corrected chi connectivity index (χ1v) is 12.5. The number of hydrogen-bond donors (Lipinski definition) is 1. The molecule has 0 spiro atoms. The number of carbonyl (C=O) groups is 2. The Bertz CT molecular complexity index is 1620. The van der Waals surface area contributed by atoms with Crippen molar-refractivity contribution in [2.45, 2.75) is 18.5 Å². The molecule has 2 amide bonds. The van der Waals surface area contributed by atoms with Gasteiger partial charge in [0.15, 0.2) is 11.5 Å². The Morgan fingerprint density at radius 2 is 1.76 bits per heavy atom. The molecule has 8 nitrogen and oxygen atoms in total. The average molecular weight is 505 g/mol. The third-order valence-electron chi connectivity index (χ3n) is 7.34. The van der Waals surface area contributed by atoms with E-state index >= 15 is 0 Å². The maximum Gasteiger partial charge on any atom is 0.266 e. The van der Waals surface area contributed by atoms with Crippen molar-refractivity contribution in [3.63, 3.8) is 0 Å². The van der Waals surface area contributed by atoms with Gasteiger partial charge >= 0.3 is 0 Å². The zero-order chi connectivity index (χ0) is 25.6. The number of nitrogens with zero attached hydrogens (tertiary/aromatic N) is 3. The molecule has 4 heterocycles. The first-order chi connectivity index (χ1) is 18.7. The van der Waals surface area contributed by atoms with E-state index in [2.05, 4.69) is 16.2 Å². The van der Waals surface area contributed by atoms with Crippen LogP contribution in [-0.4, -0.2) is 52.3 Å². The summed E-state index contributed by atoms with van der Waals surface area (Å²) in [5.41, 5.74) is 4.82. The van der Waals surface area contributed by atoms with Crippen LogP contribution < -0.4 is 9.47 Å². The predicted octanol–water partition coefficient (Wildman–Crippen LogP) is 4.28. The van der Waals surface area contributed by atoms with Gasteiger partial charge in [-0.05, 0) is 41.0 Å². The van der Waals surface area contributed by atoms with Crippen LogP contribution in [0.15, 0.2) is 84.0 Å². The van der Waals surface area contributed by atoms with Crippen molar-refractivity contribution in [2.75, 3.05) is 13.3 Å². The highest BCUT2D eigenvalue weighted by Crippen LogP contribution is 2.44. The molecule has 188 valence electrons. The number of H-pyrrole nitrogens is 1. The third kappa shape index (κ3) is 3.64. The fraction of sp³-hybridized carbons (Fsp3) is 0.167. The van der Waals surface area contributed by atoms with E-state index in [0.717, 1.165) is 33.3 Å². The van der Waals surface area contributed by atoms with Crippen molar-refractivity contribution in [3.8, 4) is 11.5 Å². The number of nitrogens with one attached hydrogen (secondary N) is 1. The Balaban J connectivity index is 1.26. The zero-order valence-corrected chi connectivity index (χ0v) is 20.4. The zero-order valence-electron chi connectivity index (χ0n) is 20.4. The van der Waals surface area contributed by atoms with Crippen molar-refractivity contribution in [2.24, 2.45) is 5.10 Å². The van der Waals surface area contributed by atoms with E-state index in [-0.39, 0.29) is 25.2 Å². The van der Waals surface area contributed by atoms with Crippen LogP contribution in [0, 0.1) is 0 Å². The maximum atomic E-state index is 13.7. The molecule has 1 fully saturated rings. The number of carbonyl (C=O) groups excluding carboxylic acids is 2. The summed E-state index contributed by atoms with van der Waals surface area (Å²) in [5, 5.41) is 6.69. The number of fused-ring (bicyclic) bond motifs is 5. The molecule has 8 heteroatoms. The van der Waals surface area contributed by atoms with Crippen molar-refractivity contribution in [1.29, 1.82) is 0 Å². The van der Waals surface area contributed by atoms with Gasteiger partial charge in [0.25, 0.3) is 5.91 Å². The minimum atomic E-state index is -0.673. The summed E-state index contributed by atoms with van der Waals surface area (Å²) in [5.74, 6) is 0.944. The Hall–Kier alpha value is -4.85. The number of hydrogen-bond acceptors (Lipinski definition) is 5. The van der Waals surface area contributed by atoms with Crippen LogP contribution >= 0.6 is 0 Å². The van der Waals surface area contributed by atoms with Crippen LogP contribution in [0.5, 0.6) is 11.5 Å². The first kappa shape index (κ1) is 22.4. The SMILES string of the molecule is O=C1[C@H]2Cc3c([nH]c4ccccc34)[C@@H](c3ccc4c(c3)OCO4)N2C(=O)CN1/N=C/C=C/c1ccccc1. The molecule has 3 aromatic carbocycles. The Morgan fingerprint density at radius 3 is 2.66 bits per heavy atom. The fourth-order valence-corrected chi connectivity index (χ4v) is 5.61. The lowest BCUT2D eigenvalue weighted by atomic mass is 9.86. The molecular formula is C30H24N4O4. The average Bonchev–Trinajstić information content (AvgIpc) is 3.57. The molecule has 0 unspecified atom stereocenters. The van der Waals surface area contributed by atoms with Crippen LogP contribution in [0.2, 0.25) is 0 Å². The molecule has 0 saturated carbocycles. The lowest BCUT2D eigenvalue weighted by molar-refractivity contribution is -0.158. The van der Waals surface area contributed by atoms with Crippen LogP contribution in [0.3, 0.4) is 0 Å². The molecular weight excluding hydrogens is 480 g/mol. The smallest absolute Gasteiger partial charge is 0.266 e. The number of ether oxygens (including phenoxy) is 2. The number of allylic oxidation sites excluding steroid dienone is 1. The number of aromatic amines is 1. The van der Waals surface area contributed by atoms with Crippen LogP contribution in [0.1, 0.15) is 28.4 Å². The largest absolute Gasteiger partial charge is 0.454 e. The lowest BCUT2D eigenvalue weighted by Crippen LogP contribution is -2.61.